The van der Waals surface area contributed by atoms with Crippen molar-refractivity contribution in [3.05, 3.63) is 10.9 Å². The van der Waals surface area contributed by atoms with Gasteiger partial charge >= 0.3 is 0 Å². The highest BCUT2D eigenvalue weighted by Gasteiger charge is 2.42. The van der Waals surface area contributed by atoms with Crippen molar-refractivity contribution in [2.45, 2.75) is 159 Å². The van der Waals surface area contributed by atoms with Crippen LogP contribution >= 0.6 is 15.8 Å². The molecule has 0 aromatic rings. The molecule has 1 atom stereocenters. The average Bonchev–Trinajstić information content (AvgIpc) is 3.11. The molecule has 0 aliphatic heterocycles. The van der Waals surface area contributed by atoms with Crippen molar-refractivity contribution in [1.29, 1.82) is 0 Å². The first-order chi connectivity index (χ1) is 13.6. The molecule has 3 rings (SSSR count). The van der Waals surface area contributed by atoms with E-state index in [1.54, 1.807) is 25.7 Å². The molecular weight excluding hydrogens is 386 g/mol. The van der Waals surface area contributed by atoms with Gasteiger partial charge in [-0.3, -0.25) is 0 Å². The molecule has 29 heavy (non-hydrogen) atoms. The van der Waals surface area contributed by atoms with Crippen LogP contribution in [0, 0.1) is 0 Å². The lowest BCUT2D eigenvalue weighted by Gasteiger charge is -2.47. The van der Waals surface area contributed by atoms with E-state index in [1.165, 1.54) is 57.8 Å². The zero-order chi connectivity index (χ0) is 21.2. The van der Waals surface area contributed by atoms with Gasteiger partial charge in [-0.15, -0.1) is 0 Å². The summed E-state index contributed by atoms with van der Waals surface area (Å²) in [5, 5.41) is 2.95. The summed E-state index contributed by atoms with van der Waals surface area (Å²) < 4.78 is 0. The summed E-state index contributed by atoms with van der Waals surface area (Å²) >= 11 is 0. The Labute approximate surface area is 186 Å². The summed E-state index contributed by atoms with van der Waals surface area (Å²) in [6.45, 7) is 17.8. The summed E-state index contributed by atoms with van der Waals surface area (Å²) in [6, 6.07) is 0. The van der Waals surface area contributed by atoms with Crippen molar-refractivity contribution in [3.63, 3.8) is 0 Å². The number of allylic oxidation sites excluding steroid dienone is 2. The molecule has 0 aromatic carbocycles. The first-order valence-corrected chi connectivity index (χ1v) is 15.8. The van der Waals surface area contributed by atoms with Gasteiger partial charge in [0.15, 0.2) is 0 Å². The normalized spacial score (nSPS) is 24.7. The van der Waals surface area contributed by atoms with Crippen molar-refractivity contribution in [2.75, 3.05) is 0 Å². The third-order valence-electron chi connectivity index (χ3n) is 7.82. The van der Waals surface area contributed by atoms with E-state index in [0.717, 1.165) is 17.0 Å². The van der Waals surface area contributed by atoms with Gasteiger partial charge in [0.2, 0.25) is 0 Å². The highest BCUT2D eigenvalue weighted by molar-refractivity contribution is 7.64. The molecule has 0 N–H and O–H groups in total. The zero-order valence-corrected chi connectivity index (χ0v) is 22.6. The maximum atomic E-state index is 2.65. The van der Waals surface area contributed by atoms with Crippen LogP contribution in [0.25, 0.3) is 0 Å². The van der Waals surface area contributed by atoms with E-state index in [0.29, 0.717) is 10.3 Å². The molecule has 2 heteroatoms. The molecule has 0 unspecified atom stereocenters. The van der Waals surface area contributed by atoms with Gasteiger partial charge in [-0.05, 0) is 77.5 Å². The number of hydrogen-bond acceptors (Lipinski definition) is 0. The topological polar surface area (TPSA) is 0 Å². The molecule has 0 amide bonds. The van der Waals surface area contributed by atoms with Gasteiger partial charge in [0.25, 0.3) is 0 Å². The van der Waals surface area contributed by atoms with Crippen molar-refractivity contribution in [3.8, 4) is 0 Å². The summed E-state index contributed by atoms with van der Waals surface area (Å²) in [7, 11) is 0.0749. The van der Waals surface area contributed by atoms with Gasteiger partial charge in [0.05, 0.1) is 0 Å². The van der Waals surface area contributed by atoms with E-state index in [1.807, 2.05) is 5.57 Å². The first kappa shape index (κ1) is 24.2. The Morgan fingerprint density at radius 3 is 1.52 bits per heavy atom. The number of hydrogen-bond donors (Lipinski definition) is 0. The van der Waals surface area contributed by atoms with Crippen LogP contribution in [0.4, 0.5) is 0 Å². The molecule has 0 aromatic heterocycles. The lowest BCUT2D eigenvalue weighted by molar-refractivity contribution is 0.485. The van der Waals surface area contributed by atoms with Crippen molar-refractivity contribution in [2.24, 2.45) is 0 Å². The molecule has 0 bridgehead atoms. The van der Waals surface area contributed by atoms with E-state index < -0.39 is 0 Å². The molecule has 0 spiro atoms. The molecule has 0 radical (unpaired) electrons. The predicted octanol–water partition coefficient (Wildman–Crippen LogP) is 10.0. The largest absolute Gasteiger partial charge is 0.0885 e. The molecule has 2 fully saturated rings. The molecule has 2 saturated carbocycles. The van der Waals surface area contributed by atoms with E-state index in [2.05, 4.69) is 53.8 Å². The zero-order valence-electron chi connectivity index (χ0n) is 20.8. The molecule has 0 heterocycles. The minimum atomic E-state index is -0.0488. The second-order valence-electron chi connectivity index (χ2n) is 12.2. The van der Waals surface area contributed by atoms with E-state index in [9.17, 15) is 0 Å². The second kappa shape index (κ2) is 10.0. The molecule has 3 aliphatic rings. The van der Waals surface area contributed by atoms with Crippen LogP contribution in [0.1, 0.15) is 132 Å². The van der Waals surface area contributed by atoms with Gasteiger partial charge < -0.3 is 0 Å². The Kier molecular flexibility index (Phi) is 8.39. The second-order valence-corrected chi connectivity index (χ2v) is 19.2. The van der Waals surface area contributed by atoms with Crippen LogP contribution in [0.2, 0.25) is 0 Å². The fraction of sp³-hybridized carbons (Fsp3) is 0.926. The quantitative estimate of drug-likeness (QED) is 0.376. The summed E-state index contributed by atoms with van der Waals surface area (Å²) in [5.74, 6) is 0. The predicted molar refractivity (Wildman–Crippen MR) is 137 cm³/mol. The van der Waals surface area contributed by atoms with Gasteiger partial charge in [-0.2, -0.15) is 0 Å². The highest BCUT2D eigenvalue weighted by Crippen LogP contribution is 2.69. The van der Waals surface area contributed by atoms with Gasteiger partial charge in [-0.25, -0.2) is 0 Å². The Morgan fingerprint density at radius 1 is 0.655 bits per heavy atom. The van der Waals surface area contributed by atoms with Gasteiger partial charge in [0, 0.05) is 0 Å². The van der Waals surface area contributed by atoms with Crippen LogP contribution in [-0.4, -0.2) is 27.3 Å². The first-order valence-electron chi connectivity index (χ1n) is 12.9. The molecule has 0 saturated heterocycles. The van der Waals surface area contributed by atoms with Crippen LogP contribution < -0.4 is 0 Å². The van der Waals surface area contributed by atoms with Crippen LogP contribution in [0.5, 0.6) is 0 Å². The maximum Gasteiger partial charge on any atom is -0.00121 e. The fourth-order valence-electron chi connectivity index (χ4n) is 7.28. The summed E-state index contributed by atoms with van der Waals surface area (Å²) in [5.41, 5.74) is 4.96. The molecule has 168 valence electrons. The van der Waals surface area contributed by atoms with Crippen molar-refractivity contribution in [1.82, 2.24) is 0 Å². The number of rotatable bonds is 5. The Hall–Kier alpha value is 0.600. The smallest absolute Gasteiger partial charge is 0.00121 e. The summed E-state index contributed by atoms with van der Waals surface area (Å²) in [6.07, 6.45) is 19.7. The van der Waals surface area contributed by atoms with Crippen molar-refractivity contribution >= 4 is 15.8 Å². The molecular formula is C27H50P2. The van der Waals surface area contributed by atoms with E-state index in [-0.39, 0.29) is 15.8 Å². The Balaban J connectivity index is 1.97. The Bertz CT molecular complexity index is 518. The Morgan fingerprint density at radius 2 is 1.10 bits per heavy atom. The summed E-state index contributed by atoms with van der Waals surface area (Å²) in [4.78, 5) is 0. The standard InChI is InChI=1S/C27H50P2/c1-21(29(26(2,3)4)27(5,6)7)24-19-14-20-25(24)28(22-15-10-8-11-16-22)23-17-12-9-13-18-23/h21-23H,8-20H2,1-7H3/t21-/m1/s1. The van der Waals surface area contributed by atoms with Crippen LogP contribution in [-0.2, 0) is 0 Å². The maximum absolute atomic E-state index is 2.65. The van der Waals surface area contributed by atoms with Gasteiger partial charge in [0.1, 0.15) is 0 Å². The third kappa shape index (κ3) is 5.89. The van der Waals surface area contributed by atoms with E-state index in [4.69, 9.17) is 0 Å². The molecule has 0 nitrogen and oxygen atoms in total. The monoisotopic (exact) mass is 436 g/mol. The molecule has 3 aliphatic carbocycles. The minimum Gasteiger partial charge on any atom is -0.0885 e. The lowest BCUT2D eigenvalue weighted by atomic mass is 9.99. The highest BCUT2D eigenvalue weighted by atomic mass is 31.1. The van der Waals surface area contributed by atoms with Crippen LogP contribution in [0.3, 0.4) is 0 Å². The van der Waals surface area contributed by atoms with Crippen molar-refractivity contribution < 1.29 is 0 Å². The third-order valence-corrected chi connectivity index (χ3v) is 15.5. The average molecular weight is 437 g/mol. The minimum absolute atomic E-state index is 0.0488. The van der Waals surface area contributed by atoms with E-state index >= 15 is 0 Å². The lowest BCUT2D eigenvalue weighted by Crippen LogP contribution is -2.31. The SMILES string of the molecule is C[C@H](C1=C(P(C2CCCCC2)C2CCCCC2)CCC1)P(C(C)(C)C)C(C)(C)C. The van der Waals surface area contributed by atoms with Gasteiger partial charge in [-0.1, -0.05) is 108 Å². The van der Waals surface area contributed by atoms with Crippen LogP contribution in [0.15, 0.2) is 10.9 Å². The fourth-order valence-corrected chi connectivity index (χ4v) is 16.7.